The normalized spacial score (nSPS) is 10.2. The van der Waals surface area contributed by atoms with Gasteiger partial charge in [-0.25, -0.2) is 9.97 Å². The molecule has 0 aliphatic carbocycles. The Morgan fingerprint density at radius 1 is 1.18 bits per heavy atom. The molecule has 7 nitrogen and oxygen atoms in total. The maximum Gasteiger partial charge on any atom is 0.213 e. The highest BCUT2D eigenvalue weighted by atomic mass is 16.5. The summed E-state index contributed by atoms with van der Waals surface area (Å²) in [6.45, 7) is 5.27. The Morgan fingerprint density at radius 3 is 2.59 bits per heavy atom. The van der Waals surface area contributed by atoms with Crippen LogP contribution in [0.15, 0.2) is 17.2 Å². The van der Waals surface area contributed by atoms with E-state index in [1.54, 1.807) is 0 Å². The molecular weight excluding hydrogens is 220 g/mol. The van der Waals surface area contributed by atoms with Crippen molar-refractivity contribution >= 4 is 11.6 Å². The largest absolute Gasteiger partial charge is 0.370 e. The molecule has 0 radical (unpaired) electrons. The molecule has 2 N–H and O–H groups in total. The topological polar surface area (TPSA) is 88.8 Å². The van der Waals surface area contributed by atoms with Gasteiger partial charge in [0.2, 0.25) is 6.39 Å². The van der Waals surface area contributed by atoms with Crippen molar-refractivity contribution in [2.45, 2.75) is 20.4 Å². The fourth-order valence-corrected chi connectivity index (χ4v) is 1.41. The molecule has 7 heteroatoms. The second-order valence-electron chi connectivity index (χ2n) is 3.43. The molecule has 0 saturated heterocycles. The smallest absolute Gasteiger partial charge is 0.213 e. The summed E-state index contributed by atoms with van der Waals surface area (Å²) in [5, 5.41) is 10.0. The Morgan fingerprint density at radius 2 is 1.94 bits per heavy atom. The van der Waals surface area contributed by atoms with Gasteiger partial charge in [0.05, 0.1) is 6.54 Å². The first kappa shape index (κ1) is 11.3. The number of hydrogen-bond acceptors (Lipinski definition) is 7. The number of anilines is 2. The quantitative estimate of drug-likeness (QED) is 0.803. The molecule has 0 fully saturated rings. The third-order valence-corrected chi connectivity index (χ3v) is 2.25. The molecule has 0 saturated carbocycles. The minimum Gasteiger partial charge on any atom is -0.370 e. The lowest BCUT2D eigenvalue weighted by molar-refractivity contribution is 0.411. The highest BCUT2D eigenvalue weighted by molar-refractivity contribution is 5.56. The Bertz CT molecular complexity index is 470. The van der Waals surface area contributed by atoms with Crippen LogP contribution in [-0.4, -0.2) is 26.7 Å². The molecular formula is C10H14N6O. The number of aromatic nitrogens is 4. The Labute approximate surface area is 98.7 Å². The van der Waals surface area contributed by atoms with Crippen molar-refractivity contribution in [3.05, 3.63) is 24.1 Å². The summed E-state index contributed by atoms with van der Waals surface area (Å²) >= 11 is 0. The SMILES string of the molecule is CCNc1ncnc(NCc2ncon2)c1C. The van der Waals surface area contributed by atoms with Gasteiger partial charge < -0.3 is 15.2 Å². The van der Waals surface area contributed by atoms with Crippen LogP contribution in [0.4, 0.5) is 11.6 Å². The van der Waals surface area contributed by atoms with Crippen molar-refractivity contribution < 1.29 is 4.52 Å². The number of nitrogens with zero attached hydrogens (tertiary/aromatic N) is 4. The molecule has 0 aromatic carbocycles. The zero-order chi connectivity index (χ0) is 12.1. The van der Waals surface area contributed by atoms with Crippen molar-refractivity contribution in [1.29, 1.82) is 0 Å². The van der Waals surface area contributed by atoms with Crippen LogP contribution in [0.25, 0.3) is 0 Å². The van der Waals surface area contributed by atoms with E-state index in [1.807, 2.05) is 13.8 Å². The average Bonchev–Trinajstić information content (AvgIpc) is 2.83. The standard InChI is InChI=1S/C10H14N6O/c1-3-11-9-7(2)10(14-5-13-9)12-4-8-15-6-17-16-8/h5-6H,3-4H2,1-2H3,(H2,11,12,13,14). The fourth-order valence-electron chi connectivity index (χ4n) is 1.41. The van der Waals surface area contributed by atoms with Gasteiger partial charge in [-0.2, -0.15) is 4.98 Å². The van der Waals surface area contributed by atoms with Crippen LogP contribution in [0, 0.1) is 6.92 Å². The third kappa shape index (κ3) is 2.68. The van der Waals surface area contributed by atoms with Gasteiger partial charge in [0.15, 0.2) is 5.82 Å². The lowest BCUT2D eigenvalue weighted by Gasteiger charge is -2.10. The number of hydrogen-bond donors (Lipinski definition) is 2. The van der Waals surface area contributed by atoms with Crippen molar-refractivity contribution in [1.82, 2.24) is 20.1 Å². The zero-order valence-electron chi connectivity index (χ0n) is 9.77. The van der Waals surface area contributed by atoms with Gasteiger partial charge in [-0.15, -0.1) is 0 Å². The molecule has 2 heterocycles. The minimum absolute atomic E-state index is 0.472. The maximum absolute atomic E-state index is 4.65. The zero-order valence-corrected chi connectivity index (χ0v) is 9.77. The molecule has 0 bridgehead atoms. The molecule has 0 aliphatic rings. The van der Waals surface area contributed by atoms with Crippen LogP contribution in [0.1, 0.15) is 18.3 Å². The Kier molecular flexibility index (Phi) is 3.49. The van der Waals surface area contributed by atoms with Gasteiger partial charge in [-0.3, -0.25) is 0 Å². The van der Waals surface area contributed by atoms with Crippen LogP contribution >= 0.6 is 0 Å². The predicted molar refractivity (Wildman–Crippen MR) is 62.6 cm³/mol. The number of nitrogens with one attached hydrogen (secondary N) is 2. The first-order valence-electron chi connectivity index (χ1n) is 5.36. The molecule has 2 aromatic heterocycles. The lowest BCUT2D eigenvalue weighted by Crippen LogP contribution is -2.08. The molecule has 0 unspecified atom stereocenters. The van der Waals surface area contributed by atoms with Crippen molar-refractivity contribution in [3.63, 3.8) is 0 Å². The Balaban J connectivity index is 2.07. The molecule has 0 spiro atoms. The molecule has 90 valence electrons. The average molecular weight is 234 g/mol. The van der Waals surface area contributed by atoms with Gasteiger partial charge in [-0.05, 0) is 13.8 Å². The summed E-state index contributed by atoms with van der Waals surface area (Å²) in [7, 11) is 0. The monoisotopic (exact) mass is 234 g/mol. The van der Waals surface area contributed by atoms with E-state index < -0.39 is 0 Å². The summed E-state index contributed by atoms with van der Waals surface area (Å²) in [5.74, 6) is 2.19. The highest BCUT2D eigenvalue weighted by Gasteiger charge is 2.06. The third-order valence-electron chi connectivity index (χ3n) is 2.25. The van der Waals surface area contributed by atoms with E-state index in [4.69, 9.17) is 0 Å². The Hall–Kier alpha value is -2.18. The van der Waals surface area contributed by atoms with Crippen molar-refractivity contribution in [2.24, 2.45) is 0 Å². The summed E-state index contributed by atoms with van der Waals surface area (Å²) in [5.41, 5.74) is 0.970. The first-order chi connectivity index (χ1) is 8.31. The van der Waals surface area contributed by atoms with Crippen LogP contribution in [0.2, 0.25) is 0 Å². The van der Waals surface area contributed by atoms with Gasteiger partial charge >= 0.3 is 0 Å². The molecule has 0 atom stereocenters. The lowest BCUT2D eigenvalue weighted by atomic mass is 10.3. The van der Waals surface area contributed by atoms with Gasteiger partial charge in [0, 0.05) is 12.1 Å². The number of rotatable bonds is 5. The van der Waals surface area contributed by atoms with Crippen LogP contribution in [0.5, 0.6) is 0 Å². The molecule has 2 rings (SSSR count). The van der Waals surface area contributed by atoms with E-state index in [-0.39, 0.29) is 0 Å². The van der Waals surface area contributed by atoms with Crippen LogP contribution in [0.3, 0.4) is 0 Å². The summed E-state index contributed by atoms with van der Waals surface area (Å²) < 4.78 is 4.65. The van der Waals surface area contributed by atoms with E-state index in [0.717, 1.165) is 23.7 Å². The van der Waals surface area contributed by atoms with E-state index in [1.165, 1.54) is 12.7 Å². The van der Waals surface area contributed by atoms with Crippen molar-refractivity contribution in [3.8, 4) is 0 Å². The summed E-state index contributed by atoms with van der Waals surface area (Å²) in [6, 6.07) is 0. The van der Waals surface area contributed by atoms with Gasteiger partial charge in [0.1, 0.15) is 18.0 Å². The molecule has 0 aliphatic heterocycles. The first-order valence-corrected chi connectivity index (χ1v) is 5.36. The van der Waals surface area contributed by atoms with E-state index in [9.17, 15) is 0 Å². The highest BCUT2D eigenvalue weighted by Crippen LogP contribution is 2.18. The second-order valence-corrected chi connectivity index (χ2v) is 3.43. The van der Waals surface area contributed by atoms with E-state index in [0.29, 0.717) is 12.4 Å². The minimum atomic E-state index is 0.472. The summed E-state index contributed by atoms with van der Waals surface area (Å²) in [6.07, 6.45) is 2.82. The van der Waals surface area contributed by atoms with E-state index >= 15 is 0 Å². The molecule has 2 aromatic rings. The second kappa shape index (κ2) is 5.24. The summed E-state index contributed by atoms with van der Waals surface area (Å²) in [4.78, 5) is 12.3. The predicted octanol–water partition coefficient (Wildman–Crippen LogP) is 1.21. The van der Waals surface area contributed by atoms with Crippen LogP contribution in [-0.2, 0) is 6.54 Å². The maximum atomic E-state index is 4.65. The van der Waals surface area contributed by atoms with E-state index in [2.05, 4.69) is 35.3 Å². The fraction of sp³-hybridized carbons (Fsp3) is 0.400. The van der Waals surface area contributed by atoms with Crippen LogP contribution < -0.4 is 10.6 Å². The molecule has 0 amide bonds. The molecule has 17 heavy (non-hydrogen) atoms. The van der Waals surface area contributed by atoms with Crippen molar-refractivity contribution in [2.75, 3.05) is 17.2 Å². The van der Waals surface area contributed by atoms with Gasteiger partial charge in [0.25, 0.3) is 0 Å². The van der Waals surface area contributed by atoms with Gasteiger partial charge in [-0.1, -0.05) is 5.16 Å².